The molecule has 1 amide bonds. The van der Waals surface area contributed by atoms with Gasteiger partial charge in [-0.25, -0.2) is 0 Å². The smallest absolute Gasteiger partial charge is 0.306 e. The molecule has 2 aromatic carbocycles. The summed E-state index contributed by atoms with van der Waals surface area (Å²) in [4.78, 5) is 22.3. The van der Waals surface area contributed by atoms with Gasteiger partial charge in [0.15, 0.2) is 0 Å². The Morgan fingerprint density at radius 1 is 1.12 bits per heavy atom. The number of hydrogen-bond donors (Lipinski definition) is 1. The van der Waals surface area contributed by atoms with Crippen LogP contribution >= 0.6 is 0 Å². The number of hydrogen-bond acceptors (Lipinski definition) is 4. The molecule has 0 unspecified atom stereocenters. The maximum Gasteiger partial charge on any atom is 0.306 e. The minimum atomic E-state index is -0.514. The van der Waals surface area contributed by atoms with Gasteiger partial charge in [0.25, 0.3) is 0 Å². The number of para-hydroxylation sites is 1. The molecule has 0 bridgehead atoms. The molecule has 0 atom stereocenters. The van der Waals surface area contributed by atoms with Gasteiger partial charge in [-0.3, -0.25) is 19.6 Å². The van der Waals surface area contributed by atoms with Gasteiger partial charge in [-0.05, 0) is 11.6 Å². The highest BCUT2D eigenvalue weighted by atomic mass is 16.6. The van der Waals surface area contributed by atoms with Crippen molar-refractivity contribution in [3.63, 3.8) is 0 Å². The average molecular weight is 336 g/mol. The van der Waals surface area contributed by atoms with Crippen molar-refractivity contribution in [1.82, 2.24) is 9.78 Å². The van der Waals surface area contributed by atoms with Crippen molar-refractivity contribution in [3.05, 3.63) is 77.1 Å². The number of carbonyl (C=O) groups excluding carboxylic acids is 1. The lowest BCUT2D eigenvalue weighted by Crippen LogP contribution is -2.15. The van der Waals surface area contributed by atoms with Crippen LogP contribution in [-0.4, -0.2) is 20.6 Å². The molecule has 0 fully saturated rings. The van der Waals surface area contributed by atoms with Crippen molar-refractivity contribution >= 4 is 17.3 Å². The molecular weight excluding hydrogens is 320 g/mol. The Balaban J connectivity index is 1.66. The zero-order valence-corrected chi connectivity index (χ0v) is 13.3. The van der Waals surface area contributed by atoms with Gasteiger partial charge in [-0.2, -0.15) is 5.10 Å². The van der Waals surface area contributed by atoms with Crippen molar-refractivity contribution in [2.75, 3.05) is 5.32 Å². The lowest BCUT2D eigenvalue weighted by Gasteiger charge is -2.11. The number of aryl methyl sites for hydroxylation is 1. The largest absolute Gasteiger partial charge is 0.325 e. The topological polar surface area (TPSA) is 90.1 Å². The second-order valence-electron chi connectivity index (χ2n) is 5.43. The van der Waals surface area contributed by atoms with Gasteiger partial charge < -0.3 is 5.32 Å². The Kier molecular flexibility index (Phi) is 4.84. The molecule has 0 radical (unpaired) electrons. The number of rotatable bonds is 6. The summed E-state index contributed by atoms with van der Waals surface area (Å²) in [5.41, 5.74) is 2.59. The molecule has 7 heteroatoms. The normalized spacial score (nSPS) is 10.4. The third kappa shape index (κ3) is 4.08. The standard InChI is InChI=1S/C18H16N4O3/c23-18(10-11-21-13-15(12-19-21)22(24)25)20-17-9-5-4-8-16(17)14-6-2-1-3-7-14/h1-9,12-13H,10-11H2,(H,20,23). The van der Waals surface area contributed by atoms with E-state index in [1.807, 2.05) is 54.6 Å². The van der Waals surface area contributed by atoms with Gasteiger partial charge >= 0.3 is 5.69 Å². The molecule has 3 aromatic rings. The number of benzene rings is 2. The monoisotopic (exact) mass is 336 g/mol. The first-order valence-electron chi connectivity index (χ1n) is 7.74. The van der Waals surface area contributed by atoms with Gasteiger partial charge in [-0.1, -0.05) is 48.5 Å². The van der Waals surface area contributed by atoms with Crippen molar-refractivity contribution in [2.45, 2.75) is 13.0 Å². The van der Waals surface area contributed by atoms with Crippen LogP contribution in [0.5, 0.6) is 0 Å². The molecule has 7 nitrogen and oxygen atoms in total. The number of nitrogens with one attached hydrogen (secondary N) is 1. The van der Waals surface area contributed by atoms with Gasteiger partial charge in [0, 0.05) is 24.2 Å². The van der Waals surface area contributed by atoms with E-state index in [0.29, 0.717) is 0 Å². The number of carbonyl (C=O) groups is 1. The number of nitrogens with zero attached hydrogens (tertiary/aromatic N) is 3. The molecule has 0 spiro atoms. The summed E-state index contributed by atoms with van der Waals surface area (Å²) in [7, 11) is 0. The fourth-order valence-electron chi connectivity index (χ4n) is 2.46. The highest BCUT2D eigenvalue weighted by Crippen LogP contribution is 2.27. The zero-order chi connectivity index (χ0) is 17.6. The number of anilines is 1. The van der Waals surface area contributed by atoms with Crippen LogP contribution in [0.2, 0.25) is 0 Å². The quantitative estimate of drug-likeness (QED) is 0.551. The molecule has 0 saturated carbocycles. The van der Waals surface area contributed by atoms with Gasteiger partial charge in [0.05, 0.1) is 4.92 Å². The first kappa shape index (κ1) is 16.4. The zero-order valence-electron chi connectivity index (χ0n) is 13.3. The van der Waals surface area contributed by atoms with Crippen molar-refractivity contribution in [2.24, 2.45) is 0 Å². The number of amides is 1. The van der Waals surface area contributed by atoms with E-state index < -0.39 is 4.92 Å². The molecule has 126 valence electrons. The fraction of sp³-hybridized carbons (Fsp3) is 0.111. The van der Waals surface area contributed by atoms with E-state index in [-0.39, 0.29) is 24.6 Å². The van der Waals surface area contributed by atoms with E-state index in [4.69, 9.17) is 0 Å². The lowest BCUT2D eigenvalue weighted by molar-refractivity contribution is -0.385. The van der Waals surface area contributed by atoms with Crippen LogP contribution in [0, 0.1) is 10.1 Å². The molecule has 0 aliphatic carbocycles. The summed E-state index contributed by atoms with van der Waals surface area (Å²) in [5, 5.41) is 17.4. The van der Waals surface area contributed by atoms with Crippen LogP contribution in [0.1, 0.15) is 6.42 Å². The Hall–Kier alpha value is -3.48. The van der Waals surface area contributed by atoms with Gasteiger partial charge in [0.2, 0.25) is 5.91 Å². The van der Waals surface area contributed by atoms with Crippen molar-refractivity contribution < 1.29 is 9.72 Å². The predicted molar refractivity (Wildman–Crippen MR) is 94.0 cm³/mol. The minimum absolute atomic E-state index is 0.0881. The van der Waals surface area contributed by atoms with E-state index in [9.17, 15) is 14.9 Å². The summed E-state index contributed by atoms with van der Waals surface area (Å²) in [6, 6.07) is 17.4. The number of nitro groups is 1. The molecular formula is C18H16N4O3. The van der Waals surface area contributed by atoms with Gasteiger partial charge in [-0.15, -0.1) is 0 Å². The molecule has 1 N–H and O–H groups in total. The average Bonchev–Trinajstić information content (AvgIpc) is 3.11. The molecule has 1 aromatic heterocycles. The van der Waals surface area contributed by atoms with Crippen molar-refractivity contribution in [1.29, 1.82) is 0 Å². The lowest BCUT2D eigenvalue weighted by atomic mass is 10.0. The van der Waals surface area contributed by atoms with Crippen LogP contribution in [-0.2, 0) is 11.3 Å². The molecule has 0 aliphatic rings. The summed E-state index contributed by atoms with van der Waals surface area (Å²) in [5.74, 6) is -0.179. The van der Waals surface area contributed by atoms with Crippen LogP contribution in [0.4, 0.5) is 11.4 Å². The molecule has 0 saturated heterocycles. The summed E-state index contributed by atoms with van der Waals surface area (Å²) in [6.45, 7) is 0.271. The fourth-order valence-corrected chi connectivity index (χ4v) is 2.46. The Bertz CT molecular complexity index is 890. The van der Waals surface area contributed by atoms with Gasteiger partial charge in [0.1, 0.15) is 12.4 Å². The first-order valence-corrected chi connectivity index (χ1v) is 7.74. The SMILES string of the molecule is O=C(CCn1cc([N+](=O)[O-])cn1)Nc1ccccc1-c1ccccc1. The van der Waals surface area contributed by atoms with E-state index in [1.54, 1.807) is 0 Å². The van der Waals surface area contributed by atoms with E-state index >= 15 is 0 Å². The summed E-state index contributed by atoms with van der Waals surface area (Å²) >= 11 is 0. The van der Waals surface area contributed by atoms with Crippen LogP contribution in [0.3, 0.4) is 0 Å². The van der Waals surface area contributed by atoms with E-state index in [2.05, 4.69) is 10.4 Å². The highest BCUT2D eigenvalue weighted by Gasteiger charge is 2.11. The maximum atomic E-state index is 12.2. The van der Waals surface area contributed by atoms with Crippen molar-refractivity contribution in [3.8, 4) is 11.1 Å². The van der Waals surface area contributed by atoms with Crippen LogP contribution < -0.4 is 5.32 Å². The summed E-state index contributed by atoms with van der Waals surface area (Å²) in [6.07, 6.45) is 2.65. The van der Waals surface area contributed by atoms with Crippen LogP contribution in [0.25, 0.3) is 11.1 Å². The Morgan fingerprint density at radius 2 is 1.84 bits per heavy atom. The summed E-state index contributed by atoms with van der Waals surface area (Å²) < 4.78 is 1.39. The molecule has 3 rings (SSSR count). The third-order valence-electron chi connectivity index (χ3n) is 3.68. The van der Waals surface area contributed by atoms with E-state index in [1.165, 1.54) is 17.1 Å². The first-order chi connectivity index (χ1) is 12.1. The third-order valence-corrected chi connectivity index (χ3v) is 3.68. The number of aromatic nitrogens is 2. The second kappa shape index (κ2) is 7.39. The minimum Gasteiger partial charge on any atom is -0.325 e. The molecule has 1 heterocycles. The van der Waals surface area contributed by atoms with E-state index in [0.717, 1.165) is 16.8 Å². The second-order valence-corrected chi connectivity index (χ2v) is 5.43. The Labute approximate surface area is 144 Å². The van der Waals surface area contributed by atoms with Crippen LogP contribution in [0.15, 0.2) is 67.0 Å². The predicted octanol–water partition coefficient (Wildman–Crippen LogP) is 3.49. The Morgan fingerprint density at radius 3 is 2.56 bits per heavy atom. The molecule has 25 heavy (non-hydrogen) atoms. The highest BCUT2D eigenvalue weighted by molar-refractivity contribution is 5.95. The maximum absolute atomic E-state index is 12.2. The molecule has 0 aliphatic heterocycles.